The molecule has 2 rings (SSSR count). The molecule has 18 heavy (non-hydrogen) atoms. The van der Waals surface area contributed by atoms with Crippen molar-refractivity contribution in [1.29, 1.82) is 0 Å². The fraction of sp³-hybridized carbons (Fsp3) is 0.200. The molecule has 8 heteroatoms. The van der Waals surface area contributed by atoms with Crippen LogP contribution in [0, 0.1) is 0 Å². The van der Waals surface area contributed by atoms with Crippen molar-refractivity contribution in [3.8, 4) is 0 Å². The number of H-pyrrole nitrogens is 1. The van der Waals surface area contributed by atoms with Crippen molar-refractivity contribution in [3.05, 3.63) is 35.4 Å². The monoisotopic (exact) mass is 274 g/mol. The Morgan fingerprint density at radius 2 is 2.00 bits per heavy atom. The summed E-state index contributed by atoms with van der Waals surface area (Å²) in [7, 11) is 0. The minimum absolute atomic E-state index is 0.132. The first kappa shape index (κ1) is 12.7. The maximum Gasteiger partial charge on any atom is 0.416 e. The lowest BCUT2D eigenvalue weighted by molar-refractivity contribution is -0.138. The topological polar surface area (TPSA) is 67.6 Å². The zero-order valence-corrected chi connectivity index (χ0v) is 9.85. The number of rotatable bonds is 3. The number of hydrogen-bond acceptors (Lipinski definition) is 4. The van der Waals surface area contributed by atoms with Crippen LogP contribution < -0.4 is 5.73 Å². The Bertz CT molecular complexity index is 538. The molecule has 0 saturated carbocycles. The van der Waals surface area contributed by atoms with Gasteiger partial charge in [-0.15, -0.1) is 5.10 Å². The highest BCUT2D eigenvalue weighted by molar-refractivity contribution is 7.98. The minimum Gasteiger partial charge on any atom is -0.368 e. The Kier molecular flexibility index (Phi) is 3.46. The zero-order valence-electron chi connectivity index (χ0n) is 9.03. The van der Waals surface area contributed by atoms with Crippen molar-refractivity contribution in [3.63, 3.8) is 0 Å². The summed E-state index contributed by atoms with van der Waals surface area (Å²) in [4.78, 5) is 3.81. The predicted octanol–water partition coefficient (Wildman–Crippen LogP) is 2.70. The molecule has 4 nitrogen and oxygen atoms in total. The molecule has 0 amide bonds. The second-order valence-electron chi connectivity index (χ2n) is 3.45. The standard InChI is InChI=1S/C10H9F3N4S/c11-10(12,13)7-4-2-1-3-6(7)5-18-9-15-8(14)16-17-9/h1-4H,5H2,(H3,14,15,16,17). The van der Waals surface area contributed by atoms with E-state index in [1.165, 1.54) is 12.1 Å². The van der Waals surface area contributed by atoms with Crippen LogP contribution in [0.1, 0.15) is 11.1 Å². The van der Waals surface area contributed by atoms with Gasteiger partial charge in [-0.25, -0.2) is 5.10 Å². The summed E-state index contributed by atoms with van der Waals surface area (Å²) in [5.74, 6) is 0.272. The maximum atomic E-state index is 12.7. The van der Waals surface area contributed by atoms with Gasteiger partial charge in [-0.3, -0.25) is 0 Å². The Labute approximate surface area is 105 Å². The minimum atomic E-state index is -4.35. The van der Waals surface area contributed by atoms with Crippen LogP contribution in [0.15, 0.2) is 29.4 Å². The van der Waals surface area contributed by atoms with E-state index in [0.29, 0.717) is 5.16 Å². The van der Waals surface area contributed by atoms with Gasteiger partial charge in [0.1, 0.15) is 0 Å². The second-order valence-corrected chi connectivity index (χ2v) is 4.39. The predicted molar refractivity (Wildman–Crippen MR) is 61.8 cm³/mol. The van der Waals surface area contributed by atoms with Crippen LogP contribution in [0.5, 0.6) is 0 Å². The number of nitrogens with zero attached hydrogens (tertiary/aromatic N) is 2. The van der Waals surface area contributed by atoms with Crippen LogP contribution in [0.25, 0.3) is 0 Å². The Morgan fingerprint density at radius 1 is 1.28 bits per heavy atom. The van der Waals surface area contributed by atoms with E-state index in [-0.39, 0.29) is 17.3 Å². The summed E-state index contributed by atoms with van der Waals surface area (Å²) in [6.07, 6.45) is -4.35. The lowest BCUT2D eigenvalue weighted by atomic mass is 10.1. The summed E-state index contributed by atoms with van der Waals surface area (Å²) in [5, 5.41) is 6.49. The lowest BCUT2D eigenvalue weighted by Crippen LogP contribution is -2.08. The fourth-order valence-corrected chi connectivity index (χ4v) is 2.20. The van der Waals surface area contributed by atoms with Gasteiger partial charge in [0.25, 0.3) is 0 Å². The van der Waals surface area contributed by atoms with E-state index in [0.717, 1.165) is 17.8 Å². The van der Waals surface area contributed by atoms with E-state index in [1.807, 2.05) is 0 Å². The highest BCUT2D eigenvalue weighted by atomic mass is 32.2. The zero-order chi connectivity index (χ0) is 13.2. The number of nitrogen functional groups attached to an aromatic ring is 1. The van der Waals surface area contributed by atoms with Gasteiger partial charge in [0.15, 0.2) is 0 Å². The SMILES string of the molecule is Nc1nc(SCc2ccccc2C(F)(F)F)n[nH]1. The van der Waals surface area contributed by atoms with Gasteiger partial charge in [-0.05, 0) is 11.6 Å². The normalized spacial score (nSPS) is 11.7. The van der Waals surface area contributed by atoms with Crippen LogP contribution in [0.4, 0.5) is 19.1 Å². The molecule has 96 valence electrons. The van der Waals surface area contributed by atoms with E-state index in [2.05, 4.69) is 15.2 Å². The van der Waals surface area contributed by atoms with E-state index < -0.39 is 11.7 Å². The van der Waals surface area contributed by atoms with Gasteiger partial charge in [0.2, 0.25) is 11.1 Å². The first-order chi connectivity index (χ1) is 8.47. The highest BCUT2D eigenvalue weighted by Crippen LogP contribution is 2.34. The summed E-state index contributed by atoms with van der Waals surface area (Å²) in [6.45, 7) is 0. The highest BCUT2D eigenvalue weighted by Gasteiger charge is 2.32. The second kappa shape index (κ2) is 4.89. The molecule has 0 bridgehead atoms. The third-order valence-corrected chi connectivity index (χ3v) is 3.06. The van der Waals surface area contributed by atoms with E-state index in [9.17, 15) is 13.2 Å². The number of hydrogen-bond donors (Lipinski definition) is 2. The summed E-state index contributed by atoms with van der Waals surface area (Å²) in [6, 6.07) is 5.42. The van der Waals surface area contributed by atoms with Crippen LogP contribution in [0.3, 0.4) is 0 Å². The largest absolute Gasteiger partial charge is 0.416 e. The maximum absolute atomic E-state index is 12.7. The molecule has 0 saturated heterocycles. The summed E-state index contributed by atoms with van der Waals surface area (Å²) < 4.78 is 38.1. The molecule has 1 heterocycles. The molecule has 0 radical (unpaired) electrons. The third kappa shape index (κ3) is 2.95. The first-order valence-corrected chi connectivity index (χ1v) is 5.91. The van der Waals surface area contributed by atoms with Crippen LogP contribution in [0.2, 0.25) is 0 Å². The number of thioether (sulfide) groups is 1. The average molecular weight is 274 g/mol. The van der Waals surface area contributed by atoms with Crippen LogP contribution >= 0.6 is 11.8 Å². The van der Waals surface area contributed by atoms with Gasteiger partial charge in [-0.1, -0.05) is 30.0 Å². The van der Waals surface area contributed by atoms with Gasteiger partial charge >= 0.3 is 6.18 Å². The Hall–Kier alpha value is -1.70. The Morgan fingerprint density at radius 3 is 2.61 bits per heavy atom. The van der Waals surface area contributed by atoms with E-state index in [4.69, 9.17) is 5.73 Å². The molecule has 0 aliphatic carbocycles. The van der Waals surface area contributed by atoms with Crippen molar-refractivity contribution in [2.75, 3.05) is 5.73 Å². The first-order valence-electron chi connectivity index (χ1n) is 4.92. The molecule has 3 N–H and O–H groups in total. The smallest absolute Gasteiger partial charge is 0.368 e. The number of aromatic amines is 1. The third-order valence-electron chi connectivity index (χ3n) is 2.16. The number of alkyl halides is 3. The van der Waals surface area contributed by atoms with E-state index in [1.54, 1.807) is 6.07 Å². The molecule has 2 aromatic rings. The van der Waals surface area contributed by atoms with Crippen molar-refractivity contribution in [2.24, 2.45) is 0 Å². The van der Waals surface area contributed by atoms with Crippen molar-refractivity contribution < 1.29 is 13.2 Å². The molecule has 0 fully saturated rings. The number of benzene rings is 1. The number of halogens is 3. The Balaban J connectivity index is 2.14. The van der Waals surface area contributed by atoms with E-state index >= 15 is 0 Å². The van der Waals surface area contributed by atoms with Crippen molar-refractivity contribution in [1.82, 2.24) is 15.2 Å². The molecular weight excluding hydrogens is 265 g/mol. The molecule has 0 aliphatic rings. The number of nitrogens with one attached hydrogen (secondary N) is 1. The van der Waals surface area contributed by atoms with Gasteiger partial charge < -0.3 is 5.73 Å². The van der Waals surface area contributed by atoms with Crippen LogP contribution in [-0.4, -0.2) is 15.2 Å². The molecule has 1 aromatic carbocycles. The quantitative estimate of drug-likeness (QED) is 0.844. The fourth-order valence-electron chi connectivity index (χ4n) is 1.39. The number of nitrogens with two attached hydrogens (primary N) is 1. The lowest BCUT2D eigenvalue weighted by Gasteiger charge is -2.11. The molecule has 0 atom stereocenters. The molecule has 0 aliphatic heterocycles. The summed E-state index contributed by atoms with van der Waals surface area (Å²) in [5.41, 5.74) is 4.88. The van der Waals surface area contributed by atoms with Crippen LogP contribution in [-0.2, 0) is 11.9 Å². The van der Waals surface area contributed by atoms with Crippen molar-refractivity contribution >= 4 is 17.7 Å². The molecular formula is C10H9F3N4S. The average Bonchev–Trinajstić information content (AvgIpc) is 2.72. The number of anilines is 1. The summed E-state index contributed by atoms with van der Waals surface area (Å²) >= 11 is 1.09. The molecule has 0 unspecified atom stereocenters. The van der Waals surface area contributed by atoms with Crippen molar-refractivity contribution in [2.45, 2.75) is 17.1 Å². The number of aromatic nitrogens is 3. The van der Waals surface area contributed by atoms with Gasteiger partial charge in [0, 0.05) is 5.75 Å². The molecule has 0 spiro atoms. The van der Waals surface area contributed by atoms with Gasteiger partial charge in [0.05, 0.1) is 5.56 Å². The molecule has 1 aromatic heterocycles. The van der Waals surface area contributed by atoms with Gasteiger partial charge in [-0.2, -0.15) is 18.2 Å².